The summed E-state index contributed by atoms with van der Waals surface area (Å²) in [4.78, 5) is 0. The summed E-state index contributed by atoms with van der Waals surface area (Å²) in [7, 11) is 0. The molecule has 0 radical (unpaired) electrons. The molecule has 122 valence electrons. The second kappa shape index (κ2) is 7.34. The van der Waals surface area contributed by atoms with Gasteiger partial charge in [0.25, 0.3) is 0 Å². The molecule has 1 aromatic carbocycles. The Kier molecular flexibility index (Phi) is 5.70. The Balaban J connectivity index is 1.87. The third-order valence-electron chi connectivity index (χ3n) is 4.56. The van der Waals surface area contributed by atoms with E-state index in [1.807, 2.05) is 26.0 Å². The van der Waals surface area contributed by atoms with Gasteiger partial charge in [-0.05, 0) is 69.6 Å². The summed E-state index contributed by atoms with van der Waals surface area (Å²) in [6.45, 7) is 3.78. The Hall–Kier alpha value is -1.26. The standard InChI is InChI=1S/C17H25ClN2O2/c1-17(2,21)13-8-6-12(7-9-13)10-16(20-22)19-15-5-3-4-14(18)11-15/h3-5,11-13,21-22H,6-10H2,1-2H3,(H,19,20)/t12-,13+. The zero-order valence-corrected chi connectivity index (χ0v) is 14.0. The Labute approximate surface area is 137 Å². The fourth-order valence-electron chi connectivity index (χ4n) is 3.20. The van der Waals surface area contributed by atoms with Gasteiger partial charge in [-0.3, -0.25) is 0 Å². The maximum absolute atomic E-state index is 10.1. The Morgan fingerprint density at radius 3 is 2.55 bits per heavy atom. The van der Waals surface area contributed by atoms with Gasteiger partial charge in [0.2, 0.25) is 0 Å². The lowest BCUT2D eigenvalue weighted by atomic mass is 9.74. The van der Waals surface area contributed by atoms with E-state index in [0.717, 1.165) is 31.4 Å². The highest BCUT2D eigenvalue weighted by Crippen LogP contribution is 2.36. The van der Waals surface area contributed by atoms with Crippen LogP contribution < -0.4 is 5.32 Å². The number of nitrogens with zero attached hydrogens (tertiary/aromatic N) is 1. The molecular formula is C17H25ClN2O2. The number of aliphatic hydroxyl groups is 1. The number of anilines is 1. The largest absolute Gasteiger partial charge is 0.409 e. The lowest BCUT2D eigenvalue weighted by Crippen LogP contribution is -2.34. The predicted octanol–water partition coefficient (Wildman–Crippen LogP) is 4.51. The molecule has 1 aliphatic carbocycles. The SMILES string of the molecule is CC(C)(O)[C@H]1CC[C@@H](C/C(=N/O)Nc2cccc(Cl)c2)CC1. The predicted molar refractivity (Wildman–Crippen MR) is 90.7 cm³/mol. The molecule has 2 rings (SSSR count). The van der Waals surface area contributed by atoms with Crippen molar-refractivity contribution in [2.75, 3.05) is 5.32 Å². The van der Waals surface area contributed by atoms with Gasteiger partial charge in [-0.25, -0.2) is 0 Å². The average molecular weight is 325 g/mol. The van der Waals surface area contributed by atoms with E-state index in [1.54, 1.807) is 12.1 Å². The zero-order valence-electron chi connectivity index (χ0n) is 13.2. The minimum absolute atomic E-state index is 0.360. The topological polar surface area (TPSA) is 64.9 Å². The van der Waals surface area contributed by atoms with Gasteiger partial charge >= 0.3 is 0 Å². The minimum Gasteiger partial charge on any atom is -0.409 e. The van der Waals surface area contributed by atoms with Gasteiger partial charge in [0.1, 0.15) is 5.84 Å². The number of rotatable bonds is 4. The van der Waals surface area contributed by atoms with Crippen LogP contribution in [-0.2, 0) is 0 Å². The van der Waals surface area contributed by atoms with Crippen molar-refractivity contribution >= 4 is 23.1 Å². The van der Waals surface area contributed by atoms with Crippen molar-refractivity contribution in [3.05, 3.63) is 29.3 Å². The molecule has 3 N–H and O–H groups in total. The summed E-state index contributed by atoms with van der Waals surface area (Å²) in [6, 6.07) is 7.36. The van der Waals surface area contributed by atoms with Gasteiger partial charge in [0.15, 0.2) is 0 Å². The van der Waals surface area contributed by atoms with Crippen molar-refractivity contribution in [2.24, 2.45) is 17.0 Å². The van der Waals surface area contributed by atoms with Gasteiger partial charge in [-0.1, -0.05) is 22.8 Å². The molecule has 1 fully saturated rings. The highest BCUT2D eigenvalue weighted by atomic mass is 35.5. The number of halogens is 1. The Bertz CT molecular complexity index is 518. The molecule has 0 heterocycles. The zero-order chi connectivity index (χ0) is 16.2. The number of hydrogen-bond acceptors (Lipinski definition) is 3. The molecule has 0 aliphatic heterocycles. The Morgan fingerprint density at radius 2 is 2.00 bits per heavy atom. The molecule has 0 bridgehead atoms. The second-order valence-electron chi connectivity index (χ2n) is 6.76. The molecule has 0 atom stereocenters. The molecule has 22 heavy (non-hydrogen) atoms. The summed E-state index contributed by atoms with van der Waals surface area (Å²) in [5.74, 6) is 1.41. The maximum atomic E-state index is 10.1. The molecular weight excluding hydrogens is 300 g/mol. The van der Waals surface area contributed by atoms with Gasteiger partial charge in [-0.2, -0.15) is 0 Å². The van der Waals surface area contributed by atoms with Crippen molar-refractivity contribution in [2.45, 2.75) is 51.6 Å². The van der Waals surface area contributed by atoms with Crippen molar-refractivity contribution in [1.82, 2.24) is 0 Å². The van der Waals surface area contributed by atoms with Gasteiger partial charge in [0.05, 0.1) is 5.60 Å². The quantitative estimate of drug-likeness (QED) is 0.330. The van der Waals surface area contributed by atoms with Crippen LogP contribution in [0.15, 0.2) is 29.4 Å². The van der Waals surface area contributed by atoms with Crippen LogP contribution >= 0.6 is 11.6 Å². The lowest BCUT2D eigenvalue weighted by molar-refractivity contribution is -0.00539. The molecule has 0 aromatic heterocycles. The molecule has 0 amide bonds. The molecule has 1 aromatic rings. The summed E-state index contributed by atoms with van der Waals surface area (Å²) >= 11 is 5.96. The minimum atomic E-state index is -0.599. The Morgan fingerprint density at radius 1 is 1.32 bits per heavy atom. The third kappa shape index (κ3) is 4.89. The molecule has 0 spiro atoms. The van der Waals surface area contributed by atoms with Crippen molar-refractivity contribution in [3.8, 4) is 0 Å². The summed E-state index contributed by atoms with van der Waals surface area (Å²) in [6.07, 6.45) is 4.84. The molecule has 5 heteroatoms. The molecule has 4 nitrogen and oxygen atoms in total. The van der Waals surface area contributed by atoms with Gasteiger partial charge < -0.3 is 15.6 Å². The van der Waals surface area contributed by atoms with Crippen LogP contribution in [0.25, 0.3) is 0 Å². The second-order valence-corrected chi connectivity index (χ2v) is 7.19. The molecule has 0 unspecified atom stereocenters. The first kappa shape index (κ1) is 17.1. The van der Waals surface area contributed by atoms with Crippen molar-refractivity contribution < 1.29 is 10.3 Å². The van der Waals surface area contributed by atoms with Crippen LogP contribution in [0.2, 0.25) is 5.02 Å². The van der Waals surface area contributed by atoms with Crippen molar-refractivity contribution in [1.29, 1.82) is 0 Å². The molecule has 1 aliphatic rings. The number of oxime groups is 1. The summed E-state index contributed by atoms with van der Waals surface area (Å²) < 4.78 is 0. The van der Waals surface area contributed by atoms with E-state index in [4.69, 9.17) is 11.6 Å². The first-order chi connectivity index (χ1) is 10.4. The highest BCUT2D eigenvalue weighted by Gasteiger charge is 2.31. The number of benzene rings is 1. The summed E-state index contributed by atoms with van der Waals surface area (Å²) in [5, 5.41) is 26.5. The van der Waals surface area contributed by atoms with E-state index in [0.29, 0.717) is 29.1 Å². The van der Waals surface area contributed by atoms with Crippen LogP contribution in [0, 0.1) is 11.8 Å². The maximum Gasteiger partial charge on any atom is 0.146 e. The normalized spacial score (nSPS) is 23.4. The van der Waals surface area contributed by atoms with E-state index < -0.39 is 5.60 Å². The van der Waals surface area contributed by atoms with Crippen LogP contribution in [0.1, 0.15) is 46.0 Å². The average Bonchev–Trinajstić information content (AvgIpc) is 2.46. The van der Waals surface area contributed by atoms with Gasteiger partial charge in [-0.15, -0.1) is 0 Å². The van der Waals surface area contributed by atoms with Crippen LogP contribution in [0.3, 0.4) is 0 Å². The van der Waals surface area contributed by atoms with E-state index in [2.05, 4.69) is 10.5 Å². The fraction of sp³-hybridized carbons (Fsp3) is 0.588. The van der Waals surface area contributed by atoms with Gasteiger partial charge in [0, 0.05) is 17.1 Å². The van der Waals surface area contributed by atoms with E-state index in [-0.39, 0.29) is 0 Å². The van der Waals surface area contributed by atoms with Crippen LogP contribution in [0.5, 0.6) is 0 Å². The smallest absolute Gasteiger partial charge is 0.146 e. The number of amidine groups is 1. The number of nitrogens with one attached hydrogen (secondary N) is 1. The van der Waals surface area contributed by atoms with E-state index in [9.17, 15) is 10.3 Å². The number of hydrogen-bond donors (Lipinski definition) is 3. The molecule has 1 saturated carbocycles. The third-order valence-corrected chi connectivity index (χ3v) is 4.80. The fourth-order valence-corrected chi connectivity index (χ4v) is 3.39. The van der Waals surface area contributed by atoms with E-state index >= 15 is 0 Å². The molecule has 0 saturated heterocycles. The highest BCUT2D eigenvalue weighted by molar-refractivity contribution is 6.30. The van der Waals surface area contributed by atoms with E-state index in [1.165, 1.54) is 0 Å². The van der Waals surface area contributed by atoms with Crippen LogP contribution in [-0.4, -0.2) is 21.8 Å². The monoisotopic (exact) mass is 324 g/mol. The first-order valence-electron chi connectivity index (χ1n) is 7.84. The summed E-state index contributed by atoms with van der Waals surface area (Å²) in [5.41, 5.74) is 0.225. The van der Waals surface area contributed by atoms with Crippen LogP contribution in [0.4, 0.5) is 5.69 Å². The lowest BCUT2D eigenvalue weighted by Gasteiger charge is -2.35. The van der Waals surface area contributed by atoms with Crippen molar-refractivity contribution in [3.63, 3.8) is 0 Å². The first-order valence-corrected chi connectivity index (χ1v) is 8.22.